The molecule has 1 aliphatic carbocycles. The van der Waals surface area contributed by atoms with E-state index < -0.39 is 23.3 Å². The SMILES string of the molecule is N#Cc1nn(-c2ccc(N3C4CCC3CC(OCc3c(-c5ccccc5OC(F)(F)F)noc3C3CC3)C4)cc2)c(=O)[nH]c1=O. The van der Waals surface area contributed by atoms with Gasteiger partial charge in [0.25, 0.3) is 5.56 Å². The first-order chi connectivity index (χ1) is 21.7. The number of nitrogens with one attached hydrogen (secondary N) is 1. The average molecular weight is 621 g/mol. The van der Waals surface area contributed by atoms with Gasteiger partial charge in [0, 0.05) is 34.8 Å². The molecule has 0 radical (unpaired) electrons. The highest BCUT2D eigenvalue weighted by atomic mass is 19.4. The zero-order chi connectivity index (χ0) is 31.3. The molecule has 0 amide bonds. The number of anilines is 1. The smallest absolute Gasteiger partial charge is 0.405 e. The van der Waals surface area contributed by atoms with Crippen LogP contribution in [0.25, 0.3) is 16.9 Å². The fraction of sp³-hybridized carbons (Fsp3) is 0.387. The van der Waals surface area contributed by atoms with Crippen LogP contribution < -0.4 is 20.9 Å². The maximum Gasteiger partial charge on any atom is 0.573 e. The second kappa shape index (κ2) is 11.2. The number of alkyl halides is 3. The van der Waals surface area contributed by atoms with E-state index in [0.717, 1.165) is 48.9 Å². The summed E-state index contributed by atoms with van der Waals surface area (Å²) in [5.74, 6) is 0.492. The first-order valence-corrected chi connectivity index (χ1v) is 14.7. The number of nitriles is 1. The number of ether oxygens (including phenoxy) is 2. The molecular weight excluding hydrogens is 593 g/mol. The van der Waals surface area contributed by atoms with E-state index >= 15 is 0 Å². The number of fused-ring (bicyclic) bond motifs is 2. The summed E-state index contributed by atoms with van der Waals surface area (Å²) < 4.78 is 56.8. The fourth-order valence-electron chi connectivity index (χ4n) is 6.52. The molecule has 2 aromatic carbocycles. The van der Waals surface area contributed by atoms with Crippen LogP contribution in [0.4, 0.5) is 18.9 Å². The number of halogens is 3. The number of nitrogens with zero attached hydrogens (tertiary/aromatic N) is 5. The van der Waals surface area contributed by atoms with E-state index in [1.807, 2.05) is 12.1 Å². The molecule has 1 N–H and O–H groups in total. The van der Waals surface area contributed by atoms with Crippen LogP contribution in [0.5, 0.6) is 5.75 Å². The fourth-order valence-corrected chi connectivity index (χ4v) is 6.52. The lowest BCUT2D eigenvalue weighted by atomic mass is 9.98. The average Bonchev–Trinajstić information content (AvgIpc) is 3.71. The number of aromatic amines is 1. The summed E-state index contributed by atoms with van der Waals surface area (Å²) >= 11 is 0. The lowest BCUT2D eigenvalue weighted by Crippen LogP contribution is -2.45. The van der Waals surface area contributed by atoms with Crippen molar-refractivity contribution in [2.24, 2.45) is 0 Å². The number of aromatic nitrogens is 4. The molecule has 11 nitrogen and oxygen atoms in total. The quantitative estimate of drug-likeness (QED) is 0.290. The first kappa shape index (κ1) is 28.8. The predicted octanol–water partition coefficient (Wildman–Crippen LogP) is 4.94. The Kier molecular flexibility index (Phi) is 7.20. The van der Waals surface area contributed by atoms with Gasteiger partial charge in [0.15, 0.2) is 0 Å². The summed E-state index contributed by atoms with van der Waals surface area (Å²) in [6.45, 7) is 0.162. The van der Waals surface area contributed by atoms with Gasteiger partial charge >= 0.3 is 12.1 Å². The molecule has 2 saturated heterocycles. The van der Waals surface area contributed by atoms with Crippen molar-refractivity contribution in [3.63, 3.8) is 0 Å². The largest absolute Gasteiger partial charge is 0.573 e. The normalized spacial score (nSPS) is 21.1. The Labute approximate surface area is 253 Å². The standard InChI is InChI=1S/C31H27F3N6O5/c32-31(33,34)44-26-4-2-1-3-23(26)27-24(28(45-38-27)17-5-6-17)16-43-22-13-20-11-12-21(14-22)39(20)18-7-9-19(10-8-18)40-30(42)36-29(41)25(15-35)37-40/h1-4,7-10,17,20-22H,5-6,11-14,16H2,(H,36,41,42). The van der Waals surface area contributed by atoms with Gasteiger partial charge in [-0.1, -0.05) is 17.3 Å². The van der Waals surface area contributed by atoms with Crippen molar-refractivity contribution in [1.82, 2.24) is 19.9 Å². The Morgan fingerprint density at radius 3 is 2.36 bits per heavy atom. The second-order valence-corrected chi connectivity index (χ2v) is 11.5. The van der Waals surface area contributed by atoms with Crippen LogP contribution in [0.15, 0.2) is 62.6 Å². The molecule has 2 bridgehead atoms. The van der Waals surface area contributed by atoms with Gasteiger partial charge in [0.05, 0.1) is 18.4 Å². The molecule has 232 valence electrons. The third-order valence-electron chi connectivity index (χ3n) is 8.61. The van der Waals surface area contributed by atoms with E-state index in [1.165, 1.54) is 18.2 Å². The van der Waals surface area contributed by atoms with E-state index in [4.69, 9.17) is 14.5 Å². The van der Waals surface area contributed by atoms with Gasteiger partial charge in [-0.3, -0.25) is 9.78 Å². The van der Waals surface area contributed by atoms with E-state index in [-0.39, 0.29) is 42.0 Å². The lowest BCUT2D eigenvalue weighted by Gasteiger charge is -2.40. The van der Waals surface area contributed by atoms with Gasteiger partial charge in [-0.05, 0) is 74.9 Å². The maximum atomic E-state index is 13.1. The van der Waals surface area contributed by atoms with Gasteiger partial charge in [-0.15, -0.1) is 18.3 Å². The number of benzene rings is 2. The molecule has 2 aromatic heterocycles. The molecule has 45 heavy (non-hydrogen) atoms. The molecular formula is C31H27F3N6O5. The molecule has 4 aromatic rings. The zero-order valence-corrected chi connectivity index (χ0v) is 23.8. The van der Waals surface area contributed by atoms with Gasteiger partial charge in [0.2, 0.25) is 5.69 Å². The van der Waals surface area contributed by atoms with Crippen LogP contribution in [0.2, 0.25) is 0 Å². The molecule has 1 saturated carbocycles. The molecule has 3 fully saturated rings. The zero-order valence-electron chi connectivity index (χ0n) is 23.8. The van der Waals surface area contributed by atoms with Crippen LogP contribution in [-0.2, 0) is 11.3 Å². The van der Waals surface area contributed by atoms with Gasteiger partial charge < -0.3 is 18.9 Å². The van der Waals surface area contributed by atoms with Crippen molar-refractivity contribution in [2.45, 2.75) is 75.6 Å². The minimum Gasteiger partial charge on any atom is -0.405 e. The molecule has 2 unspecified atom stereocenters. The van der Waals surface area contributed by atoms with Crippen LogP contribution in [-0.4, -0.2) is 44.5 Å². The number of hydrogen-bond donors (Lipinski definition) is 1. The Morgan fingerprint density at radius 1 is 1.00 bits per heavy atom. The predicted molar refractivity (Wildman–Crippen MR) is 153 cm³/mol. The minimum atomic E-state index is -4.85. The molecule has 14 heteroatoms. The molecule has 0 spiro atoms. The van der Waals surface area contributed by atoms with Crippen LogP contribution in [0.1, 0.15) is 61.5 Å². The van der Waals surface area contributed by atoms with Crippen molar-refractivity contribution in [1.29, 1.82) is 5.26 Å². The summed E-state index contributed by atoms with van der Waals surface area (Å²) in [4.78, 5) is 28.4. The van der Waals surface area contributed by atoms with Crippen molar-refractivity contribution >= 4 is 5.69 Å². The summed E-state index contributed by atoms with van der Waals surface area (Å²) in [7, 11) is 0. The Bertz CT molecular complexity index is 1880. The van der Waals surface area contributed by atoms with Crippen LogP contribution >= 0.6 is 0 Å². The summed E-state index contributed by atoms with van der Waals surface area (Å²) in [6, 6.07) is 15.2. The number of rotatable bonds is 8. The number of piperidine rings is 1. The van der Waals surface area contributed by atoms with Crippen molar-refractivity contribution in [2.75, 3.05) is 4.90 Å². The molecule has 2 atom stereocenters. The molecule has 4 heterocycles. The monoisotopic (exact) mass is 620 g/mol. The maximum absolute atomic E-state index is 13.1. The summed E-state index contributed by atoms with van der Waals surface area (Å²) in [6.07, 6.45) is 0.421. The Balaban J connectivity index is 1.07. The third kappa shape index (κ3) is 5.71. The van der Waals surface area contributed by atoms with Gasteiger partial charge in [0.1, 0.15) is 23.3 Å². The van der Waals surface area contributed by atoms with E-state index in [1.54, 1.807) is 24.3 Å². The molecule has 3 aliphatic rings. The highest BCUT2D eigenvalue weighted by Gasteiger charge is 2.42. The van der Waals surface area contributed by atoms with Crippen molar-refractivity contribution < 1.29 is 27.2 Å². The summed E-state index contributed by atoms with van der Waals surface area (Å²) in [5.41, 5.74) is 0.581. The highest BCUT2D eigenvalue weighted by molar-refractivity contribution is 5.70. The lowest BCUT2D eigenvalue weighted by molar-refractivity contribution is -0.274. The van der Waals surface area contributed by atoms with Gasteiger partial charge in [-0.2, -0.15) is 9.94 Å². The first-order valence-electron chi connectivity index (χ1n) is 14.7. The number of H-pyrrole nitrogens is 1. The Hall–Kier alpha value is -4.90. The van der Waals surface area contributed by atoms with Gasteiger partial charge in [-0.25, -0.2) is 4.79 Å². The van der Waals surface area contributed by atoms with Crippen LogP contribution in [0.3, 0.4) is 0 Å². The third-order valence-corrected chi connectivity index (χ3v) is 8.61. The Morgan fingerprint density at radius 2 is 1.69 bits per heavy atom. The summed E-state index contributed by atoms with van der Waals surface area (Å²) in [5, 5.41) is 17.2. The minimum absolute atomic E-state index is 0.0668. The topological polar surface area (TPSA) is 139 Å². The number of hydrogen-bond acceptors (Lipinski definition) is 9. The van der Waals surface area contributed by atoms with E-state index in [9.17, 15) is 22.8 Å². The van der Waals surface area contributed by atoms with Crippen LogP contribution in [0, 0.1) is 11.3 Å². The number of para-hydroxylation sites is 1. The molecule has 2 aliphatic heterocycles. The highest BCUT2D eigenvalue weighted by Crippen LogP contribution is 2.46. The van der Waals surface area contributed by atoms with Crippen molar-refractivity contribution in [3.05, 3.63) is 86.4 Å². The van der Waals surface area contributed by atoms with Crippen molar-refractivity contribution in [3.8, 4) is 28.8 Å². The van der Waals surface area contributed by atoms with E-state index in [0.29, 0.717) is 22.7 Å². The van der Waals surface area contributed by atoms with E-state index in [2.05, 4.69) is 24.9 Å². The molecule has 7 rings (SSSR count). The second-order valence-electron chi connectivity index (χ2n) is 11.5.